The van der Waals surface area contributed by atoms with E-state index in [4.69, 9.17) is 0 Å². The van der Waals surface area contributed by atoms with Gasteiger partial charge in [-0.3, -0.25) is 4.79 Å². The summed E-state index contributed by atoms with van der Waals surface area (Å²) >= 11 is 0. The number of rotatable bonds is 5. The molecule has 14 heavy (non-hydrogen) atoms. The monoisotopic (exact) mass is 192 g/mol. The van der Waals surface area contributed by atoms with Crippen LogP contribution in [0.5, 0.6) is 0 Å². The molecule has 0 bridgehead atoms. The summed E-state index contributed by atoms with van der Waals surface area (Å²) in [6.45, 7) is 4.10. The van der Waals surface area contributed by atoms with Gasteiger partial charge in [-0.05, 0) is 12.0 Å². The van der Waals surface area contributed by atoms with Crippen molar-refractivity contribution in [2.45, 2.75) is 33.1 Å². The fourth-order valence-electron chi connectivity index (χ4n) is 1.27. The summed E-state index contributed by atoms with van der Waals surface area (Å²) in [6.07, 6.45) is 5.28. The first kappa shape index (κ1) is 10.8. The molecule has 0 N–H and O–H groups in total. The fraction of sp³-hybridized carbons (Fsp3) is 0.545. The van der Waals surface area contributed by atoms with Gasteiger partial charge in [-0.25, -0.2) is 9.97 Å². The molecule has 1 rings (SSSR count). The molecule has 3 heteroatoms. The smallest absolute Gasteiger partial charge is 0.133 e. The van der Waals surface area contributed by atoms with Crippen molar-refractivity contribution < 1.29 is 4.79 Å². The van der Waals surface area contributed by atoms with Crippen LogP contribution in [0.25, 0.3) is 0 Å². The minimum Gasteiger partial charge on any atom is -0.300 e. The van der Waals surface area contributed by atoms with Crippen LogP contribution in [-0.4, -0.2) is 15.8 Å². The van der Waals surface area contributed by atoms with Crippen molar-refractivity contribution in [3.8, 4) is 0 Å². The Labute approximate surface area is 84.6 Å². The van der Waals surface area contributed by atoms with E-state index >= 15 is 0 Å². The molecule has 0 aliphatic rings. The summed E-state index contributed by atoms with van der Waals surface area (Å²) in [6, 6.07) is 1.78. The standard InChI is InChI=1S/C11H16N2O/c1-9(2)8-10(14)4-5-11-12-6-3-7-13-11/h3,6-7,9H,4-5,8H2,1-2H3. The van der Waals surface area contributed by atoms with Crippen LogP contribution in [0.4, 0.5) is 0 Å². The maximum atomic E-state index is 11.4. The summed E-state index contributed by atoms with van der Waals surface area (Å²) < 4.78 is 0. The second-order valence-electron chi connectivity index (χ2n) is 3.80. The normalized spacial score (nSPS) is 10.5. The summed E-state index contributed by atoms with van der Waals surface area (Å²) in [5.41, 5.74) is 0. The molecule has 0 spiro atoms. The Bertz CT molecular complexity index is 283. The van der Waals surface area contributed by atoms with Gasteiger partial charge in [0.05, 0.1) is 0 Å². The van der Waals surface area contributed by atoms with E-state index < -0.39 is 0 Å². The molecule has 0 saturated carbocycles. The zero-order chi connectivity index (χ0) is 10.4. The van der Waals surface area contributed by atoms with Gasteiger partial charge in [-0.2, -0.15) is 0 Å². The molecule has 0 amide bonds. The SMILES string of the molecule is CC(C)CC(=O)CCc1ncccn1. The van der Waals surface area contributed by atoms with Crippen LogP contribution in [0, 0.1) is 5.92 Å². The third kappa shape index (κ3) is 4.12. The Balaban J connectivity index is 2.31. The van der Waals surface area contributed by atoms with Crippen LogP contribution in [0.15, 0.2) is 18.5 Å². The van der Waals surface area contributed by atoms with E-state index in [9.17, 15) is 4.79 Å². The van der Waals surface area contributed by atoms with E-state index in [1.54, 1.807) is 18.5 Å². The van der Waals surface area contributed by atoms with Gasteiger partial charge in [0.2, 0.25) is 0 Å². The van der Waals surface area contributed by atoms with Crippen LogP contribution in [0.3, 0.4) is 0 Å². The minimum atomic E-state index is 0.299. The van der Waals surface area contributed by atoms with Gasteiger partial charge in [-0.1, -0.05) is 13.8 Å². The molecule has 0 fully saturated rings. The van der Waals surface area contributed by atoms with Crippen molar-refractivity contribution >= 4 is 5.78 Å². The molecule has 1 heterocycles. The van der Waals surface area contributed by atoms with Crippen molar-refractivity contribution in [3.63, 3.8) is 0 Å². The van der Waals surface area contributed by atoms with Crippen molar-refractivity contribution in [2.75, 3.05) is 0 Å². The highest BCUT2D eigenvalue weighted by atomic mass is 16.1. The van der Waals surface area contributed by atoms with Crippen molar-refractivity contribution in [2.24, 2.45) is 5.92 Å². The van der Waals surface area contributed by atoms with E-state index in [0.29, 0.717) is 31.0 Å². The third-order valence-corrected chi connectivity index (χ3v) is 1.88. The minimum absolute atomic E-state index is 0.299. The highest BCUT2D eigenvalue weighted by Crippen LogP contribution is 2.04. The second-order valence-corrected chi connectivity index (χ2v) is 3.80. The average Bonchev–Trinajstić information content (AvgIpc) is 2.15. The molecule has 1 aromatic heterocycles. The number of nitrogens with zero attached hydrogens (tertiary/aromatic N) is 2. The van der Waals surface area contributed by atoms with Crippen LogP contribution in [0.2, 0.25) is 0 Å². The third-order valence-electron chi connectivity index (χ3n) is 1.88. The van der Waals surface area contributed by atoms with Gasteiger partial charge in [0.15, 0.2) is 0 Å². The first-order valence-electron chi connectivity index (χ1n) is 4.96. The maximum absolute atomic E-state index is 11.4. The van der Waals surface area contributed by atoms with Crippen LogP contribution < -0.4 is 0 Å². The Morgan fingerprint density at radius 3 is 2.57 bits per heavy atom. The van der Waals surface area contributed by atoms with E-state index in [1.165, 1.54) is 0 Å². The average molecular weight is 192 g/mol. The quantitative estimate of drug-likeness (QED) is 0.716. The molecule has 0 aromatic carbocycles. The van der Waals surface area contributed by atoms with Gasteiger partial charge in [-0.15, -0.1) is 0 Å². The zero-order valence-electron chi connectivity index (χ0n) is 8.73. The summed E-state index contributed by atoms with van der Waals surface area (Å²) in [7, 11) is 0. The Hall–Kier alpha value is -1.25. The lowest BCUT2D eigenvalue weighted by Crippen LogP contribution is -2.05. The number of Topliss-reactive ketones (excluding diaryl/α,β-unsaturated/α-hetero) is 1. The highest BCUT2D eigenvalue weighted by molar-refractivity contribution is 5.78. The molecular weight excluding hydrogens is 176 g/mol. The van der Waals surface area contributed by atoms with Gasteiger partial charge in [0.1, 0.15) is 11.6 Å². The van der Waals surface area contributed by atoms with Crippen molar-refractivity contribution in [1.82, 2.24) is 9.97 Å². The molecule has 0 radical (unpaired) electrons. The number of hydrogen-bond acceptors (Lipinski definition) is 3. The molecule has 0 atom stereocenters. The van der Waals surface area contributed by atoms with E-state index in [2.05, 4.69) is 23.8 Å². The van der Waals surface area contributed by atoms with E-state index in [1.807, 2.05) is 0 Å². The summed E-state index contributed by atoms with van der Waals surface area (Å²) in [5, 5.41) is 0. The van der Waals surface area contributed by atoms with Gasteiger partial charge in [0.25, 0.3) is 0 Å². The van der Waals surface area contributed by atoms with E-state index in [-0.39, 0.29) is 0 Å². The number of carbonyl (C=O) groups is 1. The largest absolute Gasteiger partial charge is 0.300 e. The lowest BCUT2D eigenvalue weighted by molar-refractivity contribution is -0.119. The predicted octanol–water partition coefficient (Wildman–Crippen LogP) is 2.02. The van der Waals surface area contributed by atoms with Crippen molar-refractivity contribution in [1.29, 1.82) is 0 Å². The molecule has 0 aliphatic carbocycles. The van der Waals surface area contributed by atoms with Gasteiger partial charge in [0, 0.05) is 31.7 Å². The van der Waals surface area contributed by atoms with E-state index in [0.717, 1.165) is 5.82 Å². The topological polar surface area (TPSA) is 42.9 Å². The number of aromatic nitrogens is 2. The molecular formula is C11H16N2O. The molecule has 0 aliphatic heterocycles. The first-order valence-corrected chi connectivity index (χ1v) is 4.96. The fourth-order valence-corrected chi connectivity index (χ4v) is 1.27. The number of hydrogen-bond donors (Lipinski definition) is 0. The molecule has 1 aromatic rings. The molecule has 76 valence electrons. The number of carbonyl (C=O) groups excluding carboxylic acids is 1. The number of ketones is 1. The Morgan fingerprint density at radius 2 is 2.00 bits per heavy atom. The lowest BCUT2D eigenvalue weighted by Gasteiger charge is -2.02. The lowest BCUT2D eigenvalue weighted by atomic mass is 10.0. The van der Waals surface area contributed by atoms with Crippen LogP contribution in [-0.2, 0) is 11.2 Å². The molecule has 0 unspecified atom stereocenters. The summed E-state index contributed by atoms with van der Waals surface area (Å²) in [5.74, 6) is 1.50. The number of aryl methyl sites for hydroxylation is 1. The first-order chi connectivity index (χ1) is 6.68. The summed E-state index contributed by atoms with van der Waals surface area (Å²) in [4.78, 5) is 19.5. The Morgan fingerprint density at radius 1 is 1.36 bits per heavy atom. The molecule has 0 saturated heterocycles. The second kappa shape index (κ2) is 5.47. The zero-order valence-corrected chi connectivity index (χ0v) is 8.73. The van der Waals surface area contributed by atoms with Crippen molar-refractivity contribution in [3.05, 3.63) is 24.3 Å². The molecule has 3 nitrogen and oxygen atoms in total. The predicted molar refractivity (Wildman–Crippen MR) is 54.8 cm³/mol. The van der Waals surface area contributed by atoms with Gasteiger partial charge < -0.3 is 0 Å². The van der Waals surface area contributed by atoms with Gasteiger partial charge >= 0.3 is 0 Å². The maximum Gasteiger partial charge on any atom is 0.133 e. The Kier molecular flexibility index (Phi) is 4.23. The van der Waals surface area contributed by atoms with Crippen LogP contribution >= 0.6 is 0 Å². The highest BCUT2D eigenvalue weighted by Gasteiger charge is 2.05. The van der Waals surface area contributed by atoms with Crippen LogP contribution in [0.1, 0.15) is 32.5 Å².